The van der Waals surface area contributed by atoms with Crippen LogP contribution in [0.4, 0.5) is 0 Å². The van der Waals surface area contributed by atoms with Crippen molar-refractivity contribution in [1.29, 1.82) is 0 Å². The van der Waals surface area contributed by atoms with Crippen LogP contribution in [0.3, 0.4) is 0 Å². The third-order valence-electron chi connectivity index (χ3n) is 12.5. The van der Waals surface area contributed by atoms with E-state index in [0.29, 0.717) is 11.8 Å². The number of hydrogen-bond acceptors (Lipinski definition) is 3. The van der Waals surface area contributed by atoms with Gasteiger partial charge < -0.3 is 15.1 Å². The van der Waals surface area contributed by atoms with E-state index in [9.17, 15) is 9.59 Å². The van der Waals surface area contributed by atoms with Crippen molar-refractivity contribution in [3.05, 3.63) is 47.5 Å². The summed E-state index contributed by atoms with van der Waals surface area (Å²) in [7, 11) is 4.32. The number of carbonyl (C=O) groups is 2. The second-order valence-electron chi connectivity index (χ2n) is 14.2. The molecule has 1 N–H and O–H groups in total. The first-order valence-electron chi connectivity index (χ1n) is 15.6. The van der Waals surface area contributed by atoms with E-state index in [2.05, 4.69) is 37.2 Å². The summed E-state index contributed by atoms with van der Waals surface area (Å²) in [5, 5.41) is 2.95. The maximum atomic E-state index is 13.7. The van der Waals surface area contributed by atoms with Gasteiger partial charge in [-0.25, -0.2) is 0 Å². The van der Waals surface area contributed by atoms with E-state index in [1.54, 1.807) is 5.57 Å². The van der Waals surface area contributed by atoms with Gasteiger partial charge >= 0.3 is 0 Å². The van der Waals surface area contributed by atoms with Crippen LogP contribution in [-0.4, -0.2) is 60.4 Å². The molecule has 1 spiro atoms. The van der Waals surface area contributed by atoms with Crippen molar-refractivity contribution < 1.29 is 9.59 Å². The highest BCUT2D eigenvalue weighted by Gasteiger charge is 2.64. The standard InChI is InChI=1S/C34H49N3O2/c1-22-28-13-14-30-27-12-11-25-20-26(15-17-33(25,3)29(27)16-18-34(28,30)21-36(22)4)37(5)32(39)31(35-23(2)38)19-24-9-7-6-8-10-24/h6-11,22,26-31H,12-21H2,1-5H3,(H,35,38)/t22-,26-,27+,28?,29?,30-,31-,33-,34-/m0/s1. The Morgan fingerprint density at radius 1 is 1.08 bits per heavy atom. The van der Waals surface area contributed by atoms with Crippen molar-refractivity contribution in [2.75, 3.05) is 20.6 Å². The lowest BCUT2D eigenvalue weighted by molar-refractivity contribution is -0.137. The van der Waals surface area contributed by atoms with Crippen molar-refractivity contribution in [3.8, 4) is 0 Å². The summed E-state index contributed by atoms with van der Waals surface area (Å²) >= 11 is 0. The van der Waals surface area contributed by atoms with E-state index in [4.69, 9.17) is 0 Å². The van der Waals surface area contributed by atoms with E-state index in [-0.39, 0.29) is 23.3 Å². The molecule has 39 heavy (non-hydrogen) atoms. The number of nitrogens with zero attached hydrogens (tertiary/aromatic N) is 2. The zero-order valence-electron chi connectivity index (χ0n) is 24.8. The van der Waals surface area contributed by atoms with Crippen LogP contribution in [0, 0.1) is 34.5 Å². The van der Waals surface area contributed by atoms with Crippen LogP contribution < -0.4 is 5.32 Å². The largest absolute Gasteiger partial charge is 0.344 e. The molecular formula is C34H49N3O2. The topological polar surface area (TPSA) is 52.7 Å². The summed E-state index contributed by atoms with van der Waals surface area (Å²) in [6.45, 7) is 7.86. The van der Waals surface area contributed by atoms with Crippen LogP contribution in [0.15, 0.2) is 42.0 Å². The molecule has 0 radical (unpaired) electrons. The number of rotatable bonds is 5. The molecule has 6 rings (SSSR count). The van der Waals surface area contributed by atoms with E-state index in [1.807, 2.05) is 42.3 Å². The quantitative estimate of drug-likeness (QED) is 0.514. The second-order valence-corrected chi connectivity index (χ2v) is 14.2. The Morgan fingerprint density at radius 2 is 1.82 bits per heavy atom. The summed E-state index contributed by atoms with van der Waals surface area (Å²) in [5.74, 6) is 3.30. The van der Waals surface area contributed by atoms with Gasteiger partial charge in [-0.05, 0) is 105 Å². The van der Waals surface area contributed by atoms with Crippen LogP contribution in [0.1, 0.15) is 77.7 Å². The number of allylic oxidation sites excluding steroid dienone is 1. The molecule has 3 saturated carbocycles. The maximum absolute atomic E-state index is 13.7. The lowest BCUT2D eigenvalue weighted by atomic mass is 9.47. The smallest absolute Gasteiger partial charge is 0.245 e. The van der Waals surface area contributed by atoms with Gasteiger partial charge in [0.2, 0.25) is 11.8 Å². The molecule has 1 saturated heterocycles. The molecule has 4 fully saturated rings. The van der Waals surface area contributed by atoms with Gasteiger partial charge in [-0.15, -0.1) is 0 Å². The highest BCUT2D eigenvalue weighted by Crippen LogP contribution is 2.68. The van der Waals surface area contributed by atoms with Crippen LogP contribution in [-0.2, 0) is 16.0 Å². The molecule has 0 aromatic heterocycles. The van der Waals surface area contributed by atoms with Crippen molar-refractivity contribution in [3.63, 3.8) is 0 Å². The van der Waals surface area contributed by atoms with Crippen molar-refractivity contribution in [2.24, 2.45) is 34.5 Å². The van der Waals surface area contributed by atoms with Gasteiger partial charge in [-0.1, -0.05) is 48.9 Å². The Bertz CT molecular complexity index is 1130. The minimum atomic E-state index is -0.523. The Kier molecular flexibility index (Phi) is 6.97. The van der Waals surface area contributed by atoms with E-state index in [1.165, 1.54) is 52.0 Å². The predicted molar refractivity (Wildman–Crippen MR) is 156 cm³/mol. The molecule has 4 aliphatic carbocycles. The summed E-state index contributed by atoms with van der Waals surface area (Å²) in [4.78, 5) is 30.3. The first-order valence-corrected chi connectivity index (χ1v) is 15.6. The number of benzene rings is 1. The number of amides is 2. The van der Waals surface area contributed by atoms with Crippen LogP contribution in [0.5, 0.6) is 0 Å². The first-order chi connectivity index (χ1) is 18.6. The van der Waals surface area contributed by atoms with Gasteiger partial charge in [0.1, 0.15) is 6.04 Å². The zero-order valence-corrected chi connectivity index (χ0v) is 24.8. The van der Waals surface area contributed by atoms with E-state index >= 15 is 0 Å². The summed E-state index contributed by atoms with van der Waals surface area (Å²) in [6.07, 6.45) is 13.3. The average Bonchev–Trinajstić information content (AvgIpc) is 3.40. The second kappa shape index (κ2) is 10.0. The SMILES string of the molecule is CC(=O)N[C@@H](Cc1ccccc1)C(=O)N(C)[C@H]1CC[C@@]2(C)C(=CC[C@@H]3C2CC[C@]24CN(C)[C@@H](C)C2CC[C@@H]34)C1. The number of carbonyl (C=O) groups excluding carboxylic acids is 2. The lowest BCUT2D eigenvalue weighted by Gasteiger charge is -2.58. The summed E-state index contributed by atoms with van der Waals surface area (Å²) < 4.78 is 0. The molecule has 1 aromatic carbocycles. The van der Waals surface area contributed by atoms with Gasteiger partial charge in [0.05, 0.1) is 0 Å². The van der Waals surface area contributed by atoms with Crippen molar-refractivity contribution in [1.82, 2.24) is 15.1 Å². The number of fused-ring (bicyclic) bond motifs is 4. The fourth-order valence-electron chi connectivity index (χ4n) is 10.5. The van der Waals surface area contributed by atoms with E-state index < -0.39 is 6.04 Å². The lowest BCUT2D eigenvalue weighted by Crippen LogP contribution is -2.55. The molecule has 1 aromatic rings. The summed E-state index contributed by atoms with van der Waals surface area (Å²) in [6, 6.07) is 10.4. The molecule has 5 heteroatoms. The van der Waals surface area contributed by atoms with Gasteiger partial charge in [0.25, 0.3) is 0 Å². The molecule has 5 aliphatic rings. The van der Waals surface area contributed by atoms with E-state index in [0.717, 1.165) is 48.1 Å². The molecule has 1 aliphatic heterocycles. The van der Waals surface area contributed by atoms with Crippen molar-refractivity contribution in [2.45, 2.75) is 96.7 Å². The number of likely N-dealkylation sites (tertiary alicyclic amines) is 1. The Morgan fingerprint density at radius 3 is 2.56 bits per heavy atom. The number of likely N-dealkylation sites (N-methyl/N-ethyl adjacent to an activating group) is 1. The average molecular weight is 532 g/mol. The van der Waals surface area contributed by atoms with Gasteiger partial charge in [-0.3, -0.25) is 9.59 Å². The molecule has 0 bridgehead atoms. The Hall–Kier alpha value is -2.14. The first kappa shape index (κ1) is 27.1. The van der Waals surface area contributed by atoms with Crippen molar-refractivity contribution >= 4 is 11.8 Å². The van der Waals surface area contributed by atoms with Crippen LogP contribution in [0.2, 0.25) is 0 Å². The summed E-state index contributed by atoms with van der Waals surface area (Å²) in [5.41, 5.74) is 3.53. The molecule has 9 atom stereocenters. The molecule has 2 unspecified atom stereocenters. The molecule has 1 heterocycles. The minimum absolute atomic E-state index is 0.0352. The maximum Gasteiger partial charge on any atom is 0.245 e. The number of hydrogen-bond donors (Lipinski definition) is 1. The third kappa shape index (κ3) is 4.38. The van der Waals surface area contributed by atoms with Crippen LogP contribution >= 0.6 is 0 Å². The minimum Gasteiger partial charge on any atom is -0.344 e. The predicted octanol–water partition coefficient (Wildman–Crippen LogP) is 5.45. The highest BCUT2D eigenvalue weighted by molar-refractivity contribution is 5.87. The van der Waals surface area contributed by atoms with Gasteiger partial charge in [0.15, 0.2) is 0 Å². The zero-order chi connectivity index (χ0) is 27.5. The molecule has 212 valence electrons. The fourth-order valence-corrected chi connectivity index (χ4v) is 10.5. The van der Waals surface area contributed by atoms with Gasteiger partial charge in [-0.2, -0.15) is 0 Å². The normalized spacial score (nSPS) is 40.0. The highest BCUT2D eigenvalue weighted by atomic mass is 16.2. The van der Waals surface area contributed by atoms with Gasteiger partial charge in [0, 0.05) is 39.0 Å². The molecule has 5 nitrogen and oxygen atoms in total. The number of nitrogens with one attached hydrogen (secondary N) is 1. The monoisotopic (exact) mass is 531 g/mol. The fraction of sp³-hybridized carbons (Fsp3) is 0.706. The molecule has 2 amide bonds. The third-order valence-corrected chi connectivity index (χ3v) is 12.5. The Labute approximate surface area is 235 Å². The molecular weight excluding hydrogens is 482 g/mol. The Balaban J connectivity index is 1.17. The van der Waals surface area contributed by atoms with Crippen LogP contribution in [0.25, 0.3) is 0 Å².